The zero-order valence-corrected chi connectivity index (χ0v) is 12.7. The number of hydrogen-bond acceptors (Lipinski definition) is 4. The Kier molecular flexibility index (Phi) is 4.30. The van der Waals surface area contributed by atoms with Gasteiger partial charge in [-0.1, -0.05) is 6.92 Å². The lowest BCUT2D eigenvalue weighted by molar-refractivity contribution is -0.117. The Morgan fingerprint density at radius 1 is 1.55 bits per heavy atom. The first kappa shape index (κ1) is 14.9. The van der Waals surface area contributed by atoms with Gasteiger partial charge in [0.15, 0.2) is 0 Å². The second-order valence-electron chi connectivity index (χ2n) is 6.07. The third-order valence-electron chi connectivity index (χ3n) is 4.29. The number of nitriles is 1. The minimum Gasteiger partial charge on any atom is -0.461 e. The number of ether oxygens (including phenoxy) is 1. The van der Waals surface area contributed by atoms with Crippen LogP contribution in [0.2, 0.25) is 0 Å². The molecule has 2 aliphatic rings. The zero-order valence-electron chi connectivity index (χ0n) is 12.7. The summed E-state index contributed by atoms with van der Waals surface area (Å²) in [5.41, 5.74) is 0.0581. The number of nitrogens with zero attached hydrogens (tertiary/aromatic N) is 1. The molecular formula is C17H20N2O3. The van der Waals surface area contributed by atoms with Crippen LogP contribution in [0, 0.1) is 17.2 Å². The van der Waals surface area contributed by atoms with E-state index in [1.54, 1.807) is 0 Å². The fraction of sp³-hybridized carbons (Fsp3) is 0.529. The van der Waals surface area contributed by atoms with Crippen LogP contribution in [0.3, 0.4) is 0 Å². The van der Waals surface area contributed by atoms with Crippen molar-refractivity contribution in [2.75, 3.05) is 13.2 Å². The van der Waals surface area contributed by atoms with Crippen molar-refractivity contribution in [3.63, 3.8) is 0 Å². The summed E-state index contributed by atoms with van der Waals surface area (Å²) in [6, 6.07) is 5.68. The van der Waals surface area contributed by atoms with Gasteiger partial charge in [-0.15, -0.1) is 0 Å². The second-order valence-corrected chi connectivity index (χ2v) is 6.07. The van der Waals surface area contributed by atoms with Crippen LogP contribution in [-0.4, -0.2) is 25.2 Å². The Morgan fingerprint density at radius 2 is 2.36 bits per heavy atom. The van der Waals surface area contributed by atoms with E-state index >= 15 is 0 Å². The van der Waals surface area contributed by atoms with E-state index in [1.165, 1.54) is 6.08 Å². The summed E-state index contributed by atoms with van der Waals surface area (Å²) >= 11 is 0. The molecule has 0 radical (unpaired) electrons. The highest BCUT2D eigenvalue weighted by Gasteiger charge is 2.36. The van der Waals surface area contributed by atoms with Gasteiger partial charge in [-0.25, -0.2) is 0 Å². The minimum atomic E-state index is -0.379. The average Bonchev–Trinajstić information content (AvgIpc) is 2.97. The Hall–Kier alpha value is -2.06. The highest BCUT2D eigenvalue weighted by Crippen LogP contribution is 2.47. The van der Waals surface area contributed by atoms with Crippen LogP contribution >= 0.6 is 0 Å². The van der Waals surface area contributed by atoms with Crippen molar-refractivity contribution in [2.24, 2.45) is 5.92 Å². The van der Waals surface area contributed by atoms with Crippen molar-refractivity contribution in [2.45, 2.75) is 38.2 Å². The van der Waals surface area contributed by atoms with Gasteiger partial charge < -0.3 is 14.5 Å². The maximum Gasteiger partial charge on any atom is 0.262 e. The standard InChI is InChI=1S/C17H20N2O3/c1-11-7-15(11)16-5-4-13(22-16)8-12(9-18)17(20)19-10-14-3-2-6-21-14/h4-5,8,11,14-15H,2-3,6-7,10H2,1H3,(H,19,20)/b12-8+/t11-,14+,15-/m1/s1. The lowest BCUT2D eigenvalue weighted by atomic mass is 10.2. The molecule has 1 amide bonds. The van der Waals surface area contributed by atoms with Gasteiger partial charge in [-0.3, -0.25) is 4.79 Å². The molecule has 2 heterocycles. The van der Waals surface area contributed by atoms with Gasteiger partial charge in [0.1, 0.15) is 23.2 Å². The molecule has 5 heteroatoms. The molecule has 3 atom stereocenters. The van der Waals surface area contributed by atoms with Crippen LogP contribution in [0.15, 0.2) is 22.1 Å². The maximum absolute atomic E-state index is 12.0. The van der Waals surface area contributed by atoms with Crippen LogP contribution in [0.1, 0.15) is 43.6 Å². The van der Waals surface area contributed by atoms with Gasteiger partial charge in [-0.05, 0) is 37.3 Å². The summed E-state index contributed by atoms with van der Waals surface area (Å²) in [7, 11) is 0. The fourth-order valence-electron chi connectivity index (χ4n) is 2.76. The molecule has 1 saturated heterocycles. The monoisotopic (exact) mass is 300 g/mol. The first-order valence-electron chi connectivity index (χ1n) is 7.78. The summed E-state index contributed by atoms with van der Waals surface area (Å²) in [6.45, 7) is 3.37. The Bertz CT molecular complexity index is 620. The van der Waals surface area contributed by atoms with Crippen molar-refractivity contribution in [1.82, 2.24) is 5.32 Å². The van der Waals surface area contributed by atoms with Gasteiger partial charge >= 0.3 is 0 Å². The quantitative estimate of drug-likeness (QED) is 0.670. The summed E-state index contributed by atoms with van der Waals surface area (Å²) in [5, 5.41) is 11.9. The van der Waals surface area contributed by atoms with Gasteiger partial charge in [0, 0.05) is 25.1 Å². The molecule has 5 nitrogen and oxygen atoms in total. The lowest BCUT2D eigenvalue weighted by Gasteiger charge is -2.09. The molecule has 1 saturated carbocycles. The minimum absolute atomic E-state index is 0.0581. The molecule has 116 valence electrons. The third kappa shape index (κ3) is 3.40. The molecule has 1 aromatic rings. The molecule has 0 unspecified atom stereocenters. The SMILES string of the molecule is C[C@@H]1C[C@H]1c1ccc(/C=C(\C#N)C(=O)NC[C@@H]2CCCO2)o1. The van der Waals surface area contributed by atoms with E-state index in [2.05, 4.69) is 12.2 Å². The summed E-state index contributed by atoms with van der Waals surface area (Å²) in [4.78, 5) is 12.0. The Balaban J connectivity index is 1.60. The largest absolute Gasteiger partial charge is 0.461 e. The molecule has 0 aromatic carbocycles. The van der Waals surface area contributed by atoms with E-state index in [-0.39, 0.29) is 17.6 Å². The number of amides is 1. The molecular weight excluding hydrogens is 280 g/mol. The van der Waals surface area contributed by atoms with Gasteiger partial charge in [-0.2, -0.15) is 5.26 Å². The smallest absolute Gasteiger partial charge is 0.262 e. The average molecular weight is 300 g/mol. The topological polar surface area (TPSA) is 75.3 Å². The highest BCUT2D eigenvalue weighted by molar-refractivity contribution is 6.01. The molecule has 2 fully saturated rings. The van der Waals surface area contributed by atoms with Crippen LogP contribution < -0.4 is 5.32 Å². The van der Waals surface area contributed by atoms with Crippen molar-refractivity contribution in [3.05, 3.63) is 29.2 Å². The number of furan rings is 1. The number of carbonyl (C=O) groups is 1. The zero-order chi connectivity index (χ0) is 15.5. The van der Waals surface area contributed by atoms with E-state index in [1.807, 2.05) is 18.2 Å². The molecule has 1 N–H and O–H groups in total. The second kappa shape index (κ2) is 6.37. The third-order valence-corrected chi connectivity index (χ3v) is 4.29. The molecule has 3 rings (SSSR count). The predicted molar refractivity (Wildman–Crippen MR) is 80.8 cm³/mol. The molecule has 1 aliphatic heterocycles. The molecule has 1 aromatic heterocycles. The van der Waals surface area contributed by atoms with Gasteiger partial charge in [0.25, 0.3) is 5.91 Å². The Labute approximate surface area is 129 Å². The summed E-state index contributed by atoms with van der Waals surface area (Å²) in [6.07, 6.45) is 4.68. The maximum atomic E-state index is 12.0. The Morgan fingerprint density at radius 3 is 3.00 bits per heavy atom. The number of nitrogens with one attached hydrogen (secondary N) is 1. The summed E-state index contributed by atoms with van der Waals surface area (Å²) in [5.74, 6) is 2.26. The van der Waals surface area contributed by atoms with Crippen LogP contribution in [-0.2, 0) is 9.53 Å². The first-order valence-corrected chi connectivity index (χ1v) is 7.78. The molecule has 0 bridgehead atoms. The van der Waals surface area contributed by atoms with E-state index in [4.69, 9.17) is 14.4 Å². The van der Waals surface area contributed by atoms with Crippen LogP contribution in [0.25, 0.3) is 6.08 Å². The number of hydrogen-bond donors (Lipinski definition) is 1. The number of rotatable bonds is 5. The first-order chi connectivity index (χ1) is 10.7. The van der Waals surface area contributed by atoms with Crippen molar-refractivity contribution >= 4 is 12.0 Å². The normalized spacial score (nSPS) is 27.5. The molecule has 22 heavy (non-hydrogen) atoms. The van der Waals surface area contributed by atoms with E-state index in [9.17, 15) is 4.79 Å². The lowest BCUT2D eigenvalue weighted by Crippen LogP contribution is -2.32. The summed E-state index contributed by atoms with van der Waals surface area (Å²) < 4.78 is 11.2. The van der Waals surface area contributed by atoms with E-state index < -0.39 is 0 Å². The van der Waals surface area contributed by atoms with E-state index in [0.717, 1.165) is 31.6 Å². The van der Waals surface area contributed by atoms with Crippen LogP contribution in [0.4, 0.5) is 0 Å². The molecule has 1 aliphatic carbocycles. The predicted octanol–water partition coefficient (Wildman–Crippen LogP) is 2.61. The van der Waals surface area contributed by atoms with Gasteiger partial charge in [0.2, 0.25) is 0 Å². The van der Waals surface area contributed by atoms with Gasteiger partial charge in [0.05, 0.1) is 6.10 Å². The fourth-order valence-corrected chi connectivity index (χ4v) is 2.76. The molecule has 0 spiro atoms. The van der Waals surface area contributed by atoms with Crippen molar-refractivity contribution < 1.29 is 13.9 Å². The van der Waals surface area contributed by atoms with Crippen molar-refractivity contribution in [1.29, 1.82) is 5.26 Å². The highest BCUT2D eigenvalue weighted by atomic mass is 16.5. The van der Waals surface area contributed by atoms with Crippen molar-refractivity contribution in [3.8, 4) is 6.07 Å². The number of carbonyl (C=O) groups excluding carboxylic acids is 1. The van der Waals surface area contributed by atoms with E-state index in [0.29, 0.717) is 24.1 Å². The van der Waals surface area contributed by atoms with Crippen LogP contribution in [0.5, 0.6) is 0 Å².